The lowest BCUT2D eigenvalue weighted by Crippen LogP contribution is -2.54. The smallest absolute Gasteiger partial charge is 0.296 e. The molecule has 0 aromatic heterocycles. The molecule has 3 heterocycles. The van der Waals surface area contributed by atoms with Crippen LogP contribution in [0.25, 0.3) is 5.76 Å². The second-order valence-corrected chi connectivity index (χ2v) is 8.61. The number of ketones is 1. The lowest BCUT2D eigenvalue weighted by atomic mass is 9.82. The van der Waals surface area contributed by atoms with E-state index >= 15 is 0 Å². The zero-order valence-electron chi connectivity index (χ0n) is 19.1. The number of carbonyl (C=O) groups excluding carboxylic acids is 3. The quantitative estimate of drug-likeness (QED) is 0.416. The average Bonchev–Trinajstić information content (AvgIpc) is 3.26. The Morgan fingerprint density at radius 1 is 0.971 bits per heavy atom. The maximum atomic E-state index is 14.1. The number of carbonyl (C=O) groups is 3. The highest BCUT2D eigenvalue weighted by Gasteiger charge is 2.66. The average molecular weight is 462 g/mol. The van der Waals surface area contributed by atoms with E-state index in [4.69, 9.17) is 4.74 Å². The number of morpholine rings is 1. The van der Waals surface area contributed by atoms with Crippen LogP contribution in [0.2, 0.25) is 0 Å². The van der Waals surface area contributed by atoms with E-state index in [1.807, 2.05) is 19.1 Å². The zero-order valence-corrected chi connectivity index (χ0v) is 19.1. The maximum Gasteiger partial charge on any atom is 0.296 e. The van der Waals surface area contributed by atoms with Crippen molar-refractivity contribution in [1.29, 1.82) is 0 Å². The van der Waals surface area contributed by atoms with Crippen molar-refractivity contribution < 1.29 is 24.2 Å². The number of aliphatic hydroxyl groups is 1. The van der Waals surface area contributed by atoms with E-state index in [2.05, 4.69) is 4.90 Å². The van der Waals surface area contributed by atoms with Crippen LogP contribution in [-0.4, -0.2) is 78.4 Å². The monoisotopic (exact) mass is 461 g/mol. The Morgan fingerprint density at radius 2 is 1.65 bits per heavy atom. The molecule has 0 radical (unpaired) electrons. The molecule has 2 amide bonds. The summed E-state index contributed by atoms with van der Waals surface area (Å²) in [6, 6.07) is 15.8. The highest BCUT2D eigenvalue weighted by Crippen LogP contribution is 2.53. The second-order valence-electron chi connectivity index (χ2n) is 8.61. The van der Waals surface area contributed by atoms with Crippen LogP contribution in [0.3, 0.4) is 0 Å². The van der Waals surface area contributed by atoms with Gasteiger partial charge in [0.1, 0.15) is 5.76 Å². The Hall–Kier alpha value is -3.49. The third-order valence-corrected chi connectivity index (χ3v) is 6.92. The summed E-state index contributed by atoms with van der Waals surface area (Å²) in [7, 11) is 0. The first-order valence-electron chi connectivity index (χ1n) is 11.6. The van der Waals surface area contributed by atoms with Crippen LogP contribution < -0.4 is 4.90 Å². The summed E-state index contributed by atoms with van der Waals surface area (Å²) in [4.78, 5) is 46.2. The molecule has 5 rings (SSSR count). The SMILES string of the molecule is CCN1C(=O)[C@]2(C(=C(O)c3ccccc3)C(=O)C(=O)N2CCN2CCOCC2)c2ccccc21. The molecule has 2 aromatic carbocycles. The molecule has 34 heavy (non-hydrogen) atoms. The van der Waals surface area contributed by atoms with Gasteiger partial charge < -0.3 is 19.6 Å². The highest BCUT2D eigenvalue weighted by atomic mass is 16.5. The molecule has 0 bridgehead atoms. The van der Waals surface area contributed by atoms with Gasteiger partial charge in [0.05, 0.1) is 24.5 Å². The summed E-state index contributed by atoms with van der Waals surface area (Å²) >= 11 is 0. The lowest BCUT2D eigenvalue weighted by molar-refractivity contribution is -0.144. The molecule has 8 nitrogen and oxygen atoms in total. The minimum atomic E-state index is -1.70. The van der Waals surface area contributed by atoms with E-state index in [1.165, 1.54) is 4.90 Å². The number of Topliss-reactive ketones (excluding diaryl/α,β-unsaturated/α-hetero) is 1. The molecule has 1 atom stereocenters. The molecule has 0 aliphatic carbocycles. The van der Waals surface area contributed by atoms with Gasteiger partial charge in [0.15, 0.2) is 5.54 Å². The summed E-state index contributed by atoms with van der Waals surface area (Å²) in [5, 5.41) is 11.4. The Bertz CT molecular complexity index is 1170. The van der Waals surface area contributed by atoms with Crippen LogP contribution in [-0.2, 0) is 24.7 Å². The van der Waals surface area contributed by atoms with Crippen LogP contribution in [0.5, 0.6) is 0 Å². The standard InChI is InChI=1S/C26H27N3O5/c1-2-28-20-11-7-6-10-19(20)26(25(28)33)21(22(30)18-8-4-3-5-9-18)23(31)24(32)29(26)13-12-27-14-16-34-17-15-27/h3-11,30H,2,12-17H2,1H3/t26-/m1/s1. The summed E-state index contributed by atoms with van der Waals surface area (Å²) in [5.41, 5.74) is -0.299. The first-order chi connectivity index (χ1) is 16.5. The number of benzene rings is 2. The summed E-state index contributed by atoms with van der Waals surface area (Å²) in [6.07, 6.45) is 0. The van der Waals surface area contributed by atoms with Gasteiger partial charge in [0.2, 0.25) is 0 Å². The van der Waals surface area contributed by atoms with Gasteiger partial charge in [-0.2, -0.15) is 0 Å². The van der Waals surface area contributed by atoms with Gasteiger partial charge in [-0.05, 0) is 13.0 Å². The molecular formula is C26H27N3O5. The molecule has 1 N–H and O–H groups in total. The van der Waals surface area contributed by atoms with Gasteiger partial charge in [-0.3, -0.25) is 19.3 Å². The predicted molar refractivity (Wildman–Crippen MR) is 126 cm³/mol. The van der Waals surface area contributed by atoms with Gasteiger partial charge in [-0.1, -0.05) is 48.5 Å². The number of ether oxygens (including phenoxy) is 1. The minimum absolute atomic E-state index is 0.168. The number of anilines is 1. The van der Waals surface area contributed by atoms with Crippen molar-refractivity contribution in [3.05, 3.63) is 71.3 Å². The summed E-state index contributed by atoms with van der Waals surface area (Å²) < 4.78 is 5.42. The van der Waals surface area contributed by atoms with Crippen molar-refractivity contribution in [2.45, 2.75) is 12.5 Å². The van der Waals surface area contributed by atoms with E-state index < -0.39 is 23.1 Å². The lowest BCUT2D eigenvalue weighted by Gasteiger charge is -2.36. The molecule has 1 spiro atoms. The Balaban J connectivity index is 1.71. The molecular weight excluding hydrogens is 434 g/mol. The van der Waals surface area contributed by atoms with Crippen molar-refractivity contribution in [2.75, 3.05) is 50.8 Å². The second kappa shape index (κ2) is 8.70. The summed E-state index contributed by atoms with van der Waals surface area (Å²) in [6.45, 7) is 5.52. The molecule has 2 fully saturated rings. The normalized spacial score (nSPS) is 24.3. The molecule has 3 aliphatic heterocycles. The minimum Gasteiger partial charge on any atom is -0.507 e. The highest BCUT2D eigenvalue weighted by molar-refractivity contribution is 6.50. The molecule has 176 valence electrons. The molecule has 3 aliphatic rings. The Morgan fingerprint density at radius 3 is 2.35 bits per heavy atom. The van der Waals surface area contributed by atoms with Crippen molar-refractivity contribution in [3.8, 4) is 0 Å². The van der Waals surface area contributed by atoms with Gasteiger partial charge in [-0.25, -0.2) is 0 Å². The maximum absolute atomic E-state index is 14.1. The van der Waals surface area contributed by atoms with Crippen LogP contribution in [0.4, 0.5) is 5.69 Å². The number of likely N-dealkylation sites (tertiary alicyclic amines) is 1. The zero-order chi connectivity index (χ0) is 23.9. The number of para-hydroxylation sites is 1. The molecule has 8 heteroatoms. The molecule has 0 unspecified atom stereocenters. The fraction of sp³-hybridized carbons (Fsp3) is 0.346. The number of hydrogen-bond donors (Lipinski definition) is 1. The Kier molecular flexibility index (Phi) is 5.71. The number of likely N-dealkylation sites (N-methyl/N-ethyl adjacent to an activating group) is 1. The van der Waals surface area contributed by atoms with Crippen LogP contribution in [0.1, 0.15) is 18.1 Å². The number of rotatable bonds is 5. The number of fused-ring (bicyclic) bond motifs is 2. The van der Waals surface area contributed by atoms with Gasteiger partial charge in [0, 0.05) is 43.9 Å². The fourth-order valence-corrected chi connectivity index (χ4v) is 5.29. The molecule has 2 saturated heterocycles. The van der Waals surface area contributed by atoms with E-state index in [1.54, 1.807) is 47.4 Å². The van der Waals surface area contributed by atoms with E-state index in [0.717, 1.165) is 0 Å². The van der Waals surface area contributed by atoms with E-state index in [-0.39, 0.29) is 17.9 Å². The topological polar surface area (TPSA) is 90.4 Å². The molecule has 0 saturated carbocycles. The third-order valence-electron chi connectivity index (χ3n) is 6.92. The van der Waals surface area contributed by atoms with Crippen LogP contribution in [0, 0.1) is 0 Å². The van der Waals surface area contributed by atoms with Crippen molar-refractivity contribution in [1.82, 2.24) is 9.80 Å². The number of aliphatic hydroxyl groups excluding tert-OH is 1. The largest absolute Gasteiger partial charge is 0.507 e. The Labute approximate surface area is 198 Å². The van der Waals surface area contributed by atoms with Crippen LogP contribution in [0.15, 0.2) is 60.2 Å². The van der Waals surface area contributed by atoms with E-state index in [0.29, 0.717) is 56.2 Å². The number of amides is 2. The van der Waals surface area contributed by atoms with Crippen molar-refractivity contribution in [2.24, 2.45) is 0 Å². The molecule has 2 aromatic rings. The first-order valence-corrected chi connectivity index (χ1v) is 11.6. The van der Waals surface area contributed by atoms with Gasteiger partial charge in [-0.15, -0.1) is 0 Å². The summed E-state index contributed by atoms with van der Waals surface area (Å²) in [5.74, 6) is -2.35. The number of hydrogen-bond acceptors (Lipinski definition) is 6. The van der Waals surface area contributed by atoms with Gasteiger partial charge >= 0.3 is 0 Å². The van der Waals surface area contributed by atoms with Crippen molar-refractivity contribution >= 4 is 29.0 Å². The van der Waals surface area contributed by atoms with Crippen LogP contribution >= 0.6 is 0 Å². The third kappa shape index (κ3) is 3.17. The number of nitrogens with zero attached hydrogens (tertiary/aromatic N) is 3. The van der Waals surface area contributed by atoms with Crippen molar-refractivity contribution in [3.63, 3.8) is 0 Å². The van der Waals surface area contributed by atoms with E-state index in [9.17, 15) is 19.5 Å². The predicted octanol–water partition coefficient (Wildman–Crippen LogP) is 1.96. The fourth-order valence-electron chi connectivity index (χ4n) is 5.29. The first kappa shape index (κ1) is 22.3. The van der Waals surface area contributed by atoms with Gasteiger partial charge in [0.25, 0.3) is 17.6 Å².